The van der Waals surface area contributed by atoms with Gasteiger partial charge in [-0.1, -0.05) is 24.3 Å². The molecule has 0 aliphatic carbocycles. The number of hydrogen-bond donors (Lipinski definition) is 0. The number of amides is 1. The monoisotopic (exact) mass is 563 g/mol. The minimum absolute atomic E-state index is 0.0286. The van der Waals surface area contributed by atoms with Gasteiger partial charge in [-0.05, 0) is 88.8 Å². The van der Waals surface area contributed by atoms with E-state index in [1.807, 2.05) is 38.1 Å². The molecule has 6 nitrogen and oxygen atoms in total. The lowest BCUT2D eigenvalue weighted by atomic mass is 9.67. The lowest BCUT2D eigenvalue weighted by molar-refractivity contribution is -0.217. The van der Waals surface area contributed by atoms with Crippen molar-refractivity contribution in [1.82, 2.24) is 4.90 Å². The van der Waals surface area contributed by atoms with E-state index in [1.165, 1.54) is 12.0 Å². The predicted octanol–water partition coefficient (Wildman–Crippen LogP) is 6.62. The van der Waals surface area contributed by atoms with Crippen LogP contribution in [0.15, 0.2) is 42.5 Å². The second kappa shape index (κ2) is 11.8. The quantitative estimate of drug-likeness (QED) is 0.321. The van der Waals surface area contributed by atoms with Crippen LogP contribution in [0, 0.1) is 12.3 Å². The van der Waals surface area contributed by atoms with Gasteiger partial charge >= 0.3 is 12.1 Å². The first-order chi connectivity index (χ1) is 18.5. The van der Waals surface area contributed by atoms with Crippen molar-refractivity contribution in [2.75, 3.05) is 27.4 Å². The third-order valence-electron chi connectivity index (χ3n) is 8.00. The van der Waals surface area contributed by atoms with Crippen LogP contribution in [0.25, 0.3) is 0 Å². The van der Waals surface area contributed by atoms with Crippen molar-refractivity contribution < 1.29 is 37.0 Å². The van der Waals surface area contributed by atoms with E-state index in [0.29, 0.717) is 48.3 Å². The molecule has 1 aliphatic heterocycles. The largest absolute Gasteiger partial charge is 0.497 e. The molecule has 0 radical (unpaired) electrons. The van der Waals surface area contributed by atoms with Crippen molar-refractivity contribution in [3.63, 3.8) is 0 Å². The summed E-state index contributed by atoms with van der Waals surface area (Å²) >= 11 is 0. The van der Waals surface area contributed by atoms with Crippen LogP contribution >= 0.6 is 0 Å². The van der Waals surface area contributed by atoms with E-state index in [-0.39, 0.29) is 13.1 Å². The molecule has 1 saturated heterocycles. The summed E-state index contributed by atoms with van der Waals surface area (Å²) in [5, 5.41) is 0. The van der Waals surface area contributed by atoms with Crippen molar-refractivity contribution in [2.24, 2.45) is 5.41 Å². The highest BCUT2D eigenvalue weighted by Gasteiger charge is 2.54. The number of benzene rings is 2. The molecule has 2 aromatic rings. The van der Waals surface area contributed by atoms with E-state index in [1.54, 1.807) is 32.2 Å². The van der Waals surface area contributed by atoms with Gasteiger partial charge in [0.25, 0.3) is 0 Å². The minimum Gasteiger partial charge on any atom is -0.497 e. The SMILES string of the molecule is COC(=O)c1ccc(CN(CCC2(c3ccc(OC)cc3)CCOC(C)(C)C2)C(=O)C(C)(C)C(F)(F)F)cc1C. The molecule has 0 N–H and O–H groups in total. The molecule has 0 bridgehead atoms. The number of esters is 1. The molecular formula is C31H40F3NO5. The average molecular weight is 564 g/mol. The maximum absolute atomic E-state index is 14.0. The van der Waals surface area contributed by atoms with Gasteiger partial charge in [0.15, 0.2) is 0 Å². The number of methoxy groups -OCH3 is 2. The molecule has 9 heteroatoms. The van der Waals surface area contributed by atoms with E-state index < -0.39 is 34.5 Å². The highest BCUT2D eigenvalue weighted by Crippen LogP contribution is 2.45. The number of carbonyl (C=O) groups is 2. The van der Waals surface area contributed by atoms with Crippen LogP contribution in [0.3, 0.4) is 0 Å². The Bertz CT molecular complexity index is 1210. The maximum atomic E-state index is 14.0. The summed E-state index contributed by atoms with van der Waals surface area (Å²) in [6, 6.07) is 12.7. The van der Waals surface area contributed by atoms with Crippen molar-refractivity contribution in [3.8, 4) is 5.75 Å². The summed E-state index contributed by atoms with van der Waals surface area (Å²) in [5.74, 6) is -0.788. The second-order valence-electron chi connectivity index (χ2n) is 11.8. The third-order valence-corrected chi connectivity index (χ3v) is 8.00. The molecule has 1 atom stereocenters. The Balaban J connectivity index is 1.99. The number of aryl methyl sites for hydroxylation is 1. The fourth-order valence-corrected chi connectivity index (χ4v) is 5.53. The topological polar surface area (TPSA) is 65.1 Å². The zero-order valence-electron chi connectivity index (χ0n) is 24.4. The van der Waals surface area contributed by atoms with Crippen molar-refractivity contribution in [2.45, 2.75) is 77.6 Å². The first-order valence-electron chi connectivity index (χ1n) is 13.4. The van der Waals surface area contributed by atoms with Gasteiger partial charge in [0, 0.05) is 25.1 Å². The number of nitrogens with zero attached hydrogens (tertiary/aromatic N) is 1. The van der Waals surface area contributed by atoms with Crippen LogP contribution in [-0.4, -0.2) is 55.9 Å². The van der Waals surface area contributed by atoms with Crippen LogP contribution in [-0.2, 0) is 26.2 Å². The molecular weight excluding hydrogens is 523 g/mol. The number of carbonyl (C=O) groups excluding carboxylic acids is 2. The molecule has 1 aliphatic rings. The van der Waals surface area contributed by atoms with Crippen LogP contribution in [0.1, 0.15) is 74.0 Å². The molecule has 40 heavy (non-hydrogen) atoms. The molecule has 1 heterocycles. The zero-order valence-corrected chi connectivity index (χ0v) is 24.4. The molecule has 2 aromatic carbocycles. The van der Waals surface area contributed by atoms with Crippen LogP contribution in [0.2, 0.25) is 0 Å². The van der Waals surface area contributed by atoms with E-state index in [9.17, 15) is 22.8 Å². The van der Waals surface area contributed by atoms with Gasteiger partial charge in [0.1, 0.15) is 11.2 Å². The summed E-state index contributed by atoms with van der Waals surface area (Å²) in [4.78, 5) is 26.9. The molecule has 220 valence electrons. The van der Waals surface area contributed by atoms with Gasteiger partial charge in [-0.25, -0.2) is 4.79 Å². The van der Waals surface area contributed by atoms with Gasteiger partial charge < -0.3 is 19.1 Å². The van der Waals surface area contributed by atoms with Gasteiger partial charge in [-0.2, -0.15) is 13.2 Å². The number of ether oxygens (including phenoxy) is 3. The lowest BCUT2D eigenvalue weighted by Crippen LogP contribution is -2.50. The first-order valence-corrected chi connectivity index (χ1v) is 13.4. The zero-order chi connectivity index (χ0) is 29.9. The molecule has 0 aromatic heterocycles. The van der Waals surface area contributed by atoms with Crippen LogP contribution in [0.5, 0.6) is 5.75 Å². The lowest BCUT2D eigenvalue weighted by Gasteiger charge is -2.46. The fraction of sp³-hybridized carbons (Fsp3) is 0.548. The number of halogens is 3. The Morgan fingerprint density at radius 1 is 1.05 bits per heavy atom. The number of hydrogen-bond acceptors (Lipinski definition) is 5. The molecule has 1 unspecified atom stereocenters. The smallest absolute Gasteiger partial charge is 0.402 e. The van der Waals surface area contributed by atoms with E-state index in [2.05, 4.69) is 0 Å². The van der Waals surface area contributed by atoms with Crippen molar-refractivity contribution >= 4 is 11.9 Å². The van der Waals surface area contributed by atoms with Crippen molar-refractivity contribution in [3.05, 3.63) is 64.7 Å². The molecule has 1 fully saturated rings. The Morgan fingerprint density at radius 3 is 2.23 bits per heavy atom. The average Bonchev–Trinajstić information content (AvgIpc) is 2.89. The van der Waals surface area contributed by atoms with Gasteiger partial charge in [0.05, 0.1) is 25.4 Å². The standard InChI is InChI=1S/C31H40F3NO5/c1-21-18-22(8-13-25(21)26(36)39-7)19-35(27(37)29(4,5)31(32,33)34)16-14-30(15-17-40-28(2,3)20-30)23-9-11-24(38-6)12-10-23/h8-13,18H,14-17,19-20H2,1-7H3. The number of alkyl halides is 3. The normalized spacial score (nSPS) is 19.1. The maximum Gasteiger partial charge on any atom is 0.402 e. The summed E-state index contributed by atoms with van der Waals surface area (Å²) in [6.45, 7) is 8.16. The Hall–Kier alpha value is -3.07. The Labute approximate surface area is 234 Å². The summed E-state index contributed by atoms with van der Waals surface area (Å²) in [7, 11) is 2.87. The van der Waals surface area contributed by atoms with E-state index in [0.717, 1.165) is 19.4 Å². The molecule has 0 saturated carbocycles. The Morgan fingerprint density at radius 2 is 1.70 bits per heavy atom. The summed E-state index contributed by atoms with van der Waals surface area (Å²) in [5.41, 5.74) is -0.794. The predicted molar refractivity (Wildman–Crippen MR) is 146 cm³/mol. The van der Waals surface area contributed by atoms with Crippen LogP contribution in [0.4, 0.5) is 13.2 Å². The van der Waals surface area contributed by atoms with Crippen molar-refractivity contribution in [1.29, 1.82) is 0 Å². The Kier molecular flexibility index (Phi) is 9.29. The fourth-order valence-electron chi connectivity index (χ4n) is 5.53. The molecule has 1 amide bonds. The van der Waals surface area contributed by atoms with Gasteiger partial charge in [-0.3, -0.25) is 4.79 Å². The highest BCUT2D eigenvalue weighted by atomic mass is 19.4. The summed E-state index contributed by atoms with van der Waals surface area (Å²) in [6.07, 6.45) is -2.96. The van der Waals surface area contributed by atoms with Crippen LogP contribution < -0.4 is 4.74 Å². The number of rotatable bonds is 9. The highest BCUT2D eigenvalue weighted by molar-refractivity contribution is 5.91. The molecule has 0 spiro atoms. The second-order valence-corrected chi connectivity index (χ2v) is 11.8. The summed E-state index contributed by atoms with van der Waals surface area (Å²) < 4.78 is 58.1. The van der Waals surface area contributed by atoms with E-state index >= 15 is 0 Å². The molecule has 3 rings (SSSR count). The first kappa shape index (κ1) is 31.5. The van der Waals surface area contributed by atoms with E-state index in [4.69, 9.17) is 14.2 Å². The third kappa shape index (κ3) is 6.79. The van der Waals surface area contributed by atoms with Gasteiger partial charge in [-0.15, -0.1) is 0 Å². The minimum atomic E-state index is -4.72. The van der Waals surface area contributed by atoms with Gasteiger partial charge in [0.2, 0.25) is 5.91 Å².